The lowest BCUT2D eigenvalue weighted by Gasteiger charge is -2.08. The molecule has 0 aliphatic heterocycles. The lowest BCUT2D eigenvalue weighted by molar-refractivity contribution is -0.153. The zero-order valence-electron chi connectivity index (χ0n) is 14.4. The zero-order valence-corrected chi connectivity index (χ0v) is 15.2. The summed E-state index contributed by atoms with van der Waals surface area (Å²) in [6.07, 6.45) is -0.282. The monoisotopic (exact) mass is 373 g/mol. The van der Waals surface area contributed by atoms with E-state index in [2.05, 4.69) is 0 Å². The number of esters is 1. The van der Waals surface area contributed by atoms with E-state index in [-0.39, 0.29) is 17.1 Å². The summed E-state index contributed by atoms with van der Waals surface area (Å²) in [5.74, 6) is -0.817. The summed E-state index contributed by atoms with van der Waals surface area (Å²) < 4.78 is 32.1. The highest BCUT2D eigenvalue weighted by Gasteiger charge is 2.27. The van der Waals surface area contributed by atoms with Gasteiger partial charge in [0.05, 0.1) is 17.0 Å². The number of aliphatic hydroxyl groups excluding tert-OH is 1. The average Bonchev–Trinajstić information content (AvgIpc) is 3.02. The van der Waals surface area contributed by atoms with Gasteiger partial charge in [0.1, 0.15) is 0 Å². The number of carbonyl (C=O) groups excluding carboxylic acids is 1. The van der Waals surface area contributed by atoms with Gasteiger partial charge in [-0.1, -0.05) is 35.9 Å². The van der Waals surface area contributed by atoms with Gasteiger partial charge in [-0.25, -0.2) is 17.2 Å². The molecule has 0 amide bonds. The Morgan fingerprint density at radius 2 is 1.81 bits per heavy atom. The number of ether oxygens (including phenoxy) is 1. The van der Waals surface area contributed by atoms with Gasteiger partial charge in [0.25, 0.3) is 10.0 Å². The second kappa shape index (κ2) is 6.93. The molecule has 1 N–H and O–H groups in total. The highest BCUT2D eigenvalue weighted by Crippen LogP contribution is 2.30. The first-order chi connectivity index (χ1) is 12.4. The molecule has 0 bridgehead atoms. The van der Waals surface area contributed by atoms with E-state index in [1.54, 1.807) is 43.3 Å². The quantitative estimate of drug-likeness (QED) is 0.695. The van der Waals surface area contributed by atoms with Crippen LogP contribution in [0.25, 0.3) is 10.9 Å². The first-order valence-electron chi connectivity index (χ1n) is 8.13. The largest absolute Gasteiger partial charge is 0.464 e. The number of para-hydroxylation sites is 1. The first kappa shape index (κ1) is 18.2. The molecule has 0 saturated carbocycles. The molecule has 7 heteroatoms. The van der Waals surface area contributed by atoms with Gasteiger partial charge in [-0.2, -0.15) is 0 Å². The van der Waals surface area contributed by atoms with Gasteiger partial charge in [0.2, 0.25) is 0 Å². The van der Waals surface area contributed by atoms with Crippen molar-refractivity contribution in [1.82, 2.24) is 3.97 Å². The summed E-state index contributed by atoms with van der Waals surface area (Å²) in [6, 6.07) is 13.2. The molecule has 0 radical (unpaired) electrons. The highest BCUT2D eigenvalue weighted by atomic mass is 32.2. The molecule has 136 valence electrons. The predicted octanol–water partition coefficient (Wildman–Crippen LogP) is 2.78. The number of aryl methyl sites for hydroxylation is 1. The topological polar surface area (TPSA) is 85.6 Å². The van der Waals surface area contributed by atoms with E-state index in [1.165, 1.54) is 18.3 Å². The molecule has 1 atom stereocenters. The molecule has 0 aliphatic rings. The van der Waals surface area contributed by atoms with E-state index in [9.17, 15) is 18.3 Å². The van der Waals surface area contributed by atoms with Crippen molar-refractivity contribution in [3.63, 3.8) is 0 Å². The number of nitrogens with zero attached hydrogens (tertiary/aromatic N) is 1. The third-order valence-corrected chi connectivity index (χ3v) is 5.78. The molecular weight excluding hydrogens is 354 g/mol. The molecule has 2 aromatic carbocycles. The fourth-order valence-corrected chi connectivity index (χ4v) is 4.14. The van der Waals surface area contributed by atoms with Crippen LogP contribution in [0.4, 0.5) is 0 Å². The SMILES string of the molecule is CCOC(=O)C(O)c1cn(S(=O)(=O)c2ccc(C)cc2)c2ccccc12. The maximum Gasteiger partial charge on any atom is 0.339 e. The summed E-state index contributed by atoms with van der Waals surface area (Å²) in [7, 11) is -3.88. The van der Waals surface area contributed by atoms with Crippen LogP contribution in [-0.2, 0) is 19.6 Å². The van der Waals surface area contributed by atoms with E-state index in [1.807, 2.05) is 6.92 Å². The zero-order chi connectivity index (χ0) is 18.9. The second-order valence-electron chi connectivity index (χ2n) is 5.87. The molecule has 6 nitrogen and oxygen atoms in total. The van der Waals surface area contributed by atoms with Crippen LogP contribution in [0.5, 0.6) is 0 Å². The van der Waals surface area contributed by atoms with Crippen molar-refractivity contribution in [2.45, 2.75) is 24.8 Å². The molecule has 1 heterocycles. The van der Waals surface area contributed by atoms with Gasteiger partial charge in [-0.05, 0) is 32.0 Å². The average molecular weight is 373 g/mol. The minimum absolute atomic E-state index is 0.121. The van der Waals surface area contributed by atoms with Crippen molar-refractivity contribution >= 4 is 26.9 Å². The molecule has 1 aromatic heterocycles. The van der Waals surface area contributed by atoms with Gasteiger partial charge in [-0.3, -0.25) is 0 Å². The van der Waals surface area contributed by atoms with E-state index >= 15 is 0 Å². The van der Waals surface area contributed by atoms with Crippen molar-refractivity contribution in [3.8, 4) is 0 Å². The Labute approximate surface area is 151 Å². The van der Waals surface area contributed by atoms with E-state index in [0.29, 0.717) is 10.9 Å². The fraction of sp³-hybridized carbons (Fsp3) is 0.211. The molecule has 3 rings (SSSR count). The number of fused-ring (bicyclic) bond motifs is 1. The smallest absolute Gasteiger partial charge is 0.339 e. The van der Waals surface area contributed by atoms with Crippen LogP contribution in [0.3, 0.4) is 0 Å². The van der Waals surface area contributed by atoms with Gasteiger partial charge in [-0.15, -0.1) is 0 Å². The maximum atomic E-state index is 13.1. The Morgan fingerprint density at radius 3 is 2.46 bits per heavy atom. The third kappa shape index (κ3) is 3.11. The first-order valence-corrected chi connectivity index (χ1v) is 9.57. The summed E-state index contributed by atoms with van der Waals surface area (Å²) in [6.45, 7) is 3.63. The number of hydrogen-bond acceptors (Lipinski definition) is 5. The molecule has 1 unspecified atom stereocenters. The summed E-state index contributed by atoms with van der Waals surface area (Å²) in [5, 5.41) is 10.8. The van der Waals surface area contributed by atoms with E-state index in [4.69, 9.17) is 4.74 Å². The number of aliphatic hydroxyl groups is 1. The molecule has 0 saturated heterocycles. The standard InChI is InChI=1S/C19H19NO5S/c1-3-25-19(22)18(21)16-12-20(17-7-5-4-6-15(16)17)26(23,24)14-10-8-13(2)9-11-14/h4-12,18,21H,3H2,1-2H3. The molecule has 0 fully saturated rings. The van der Waals surface area contributed by atoms with Gasteiger partial charge in [0, 0.05) is 17.1 Å². The van der Waals surface area contributed by atoms with E-state index in [0.717, 1.165) is 9.54 Å². The van der Waals surface area contributed by atoms with Crippen molar-refractivity contribution in [3.05, 3.63) is 65.9 Å². The summed E-state index contributed by atoms with van der Waals surface area (Å²) >= 11 is 0. The van der Waals surface area contributed by atoms with Crippen molar-refractivity contribution in [2.75, 3.05) is 6.61 Å². The predicted molar refractivity (Wildman–Crippen MR) is 97.3 cm³/mol. The van der Waals surface area contributed by atoms with Gasteiger partial charge in [0.15, 0.2) is 6.10 Å². The number of benzene rings is 2. The van der Waals surface area contributed by atoms with Crippen molar-refractivity contribution in [1.29, 1.82) is 0 Å². The van der Waals surface area contributed by atoms with Crippen LogP contribution in [0.2, 0.25) is 0 Å². The van der Waals surface area contributed by atoms with Crippen LogP contribution in [0.1, 0.15) is 24.2 Å². The summed E-state index contributed by atoms with van der Waals surface area (Å²) in [5.41, 5.74) is 1.51. The highest BCUT2D eigenvalue weighted by molar-refractivity contribution is 7.90. The fourth-order valence-electron chi connectivity index (χ4n) is 2.76. The maximum absolute atomic E-state index is 13.1. The Balaban J connectivity index is 2.18. The van der Waals surface area contributed by atoms with Crippen molar-refractivity contribution in [2.24, 2.45) is 0 Å². The van der Waals surface area contributed by atoms with Gasteiger partial charge >= 0.3 is 5.97 Å². The van der Waals surface area contributed by atoms with Crippen LogP contribution < -0.4 is 0 Å². The Bertz CT molecular complexity index is 1050. The van der Waals surface area contributed by atoms with E-state index < -0.39 is 22.1 Å². The second-order valence-corrected chi connectivity index (χ2v) is 7.69. The molecule has 3 aromatic rings. The minimum atomic E-state index is -3.88. The molecule has 0 aliphatic carbocycles. The third-order valence-electron chi connectivity index (χ3n) is 4.09. The van der Waals surface area contributed by atoms with Gasteiger partial charge < -0.3 is 9.84 Å². The number of rotatable bonds is 5. The van der Waals surface area contributed by atoms with Crippen LogP contribution in [0.15, 0.2) is 59.6 Å². The lowest BCUT2D eigenvalue weighted by atomic mass is 10.1. The van der Waals surface area contributed by atoms with Crippen LogP contribution in [0, 0.1) is 6.92 Å². The minimum Gasteiger partial charge on any atom is -0.464 e. The Morgan fingerprint density at radius 1 is 1.15 bits per heavy atom. The summed E-state index contributed by atoms with van der Waals surface area (Å²) in [4.78, 5) is 12.0. The normalized spacial score (nSPS) is 12.9. The Hall–Kier alpha value is -2.64. The molecular formula is C19H19NO5S. The lowest BCUT2D eigenvalue weighted by Crippen LogP contribution is -2.15. The van der Waals surface area contributed by atoms with Crippen LogP contribution in [-0.4, -0.2) is 30.1 Å². The number of carbonyl (C=O) groups is 1. The van der Waals surface area contributed by atoms with Crippen LogP contribution >= 0.6 is 0 Å². The number of aromatic nitrogens is 1. The molecule has 0 spiro atoms. The molecule has 26 heavy (non-hydrogen) atoms. The van der Waals surface area contributed by atoms with Crippen molar-refractivity contribution < 1.29 is 23.1 Å². The number of hydrogen-bond donors (Lipinski definition) is 1. The Kier molecular flexibility index (Phi) is 4.84.